The van der Waals surface area contributed by atoms with E-state index < -0.39 is 36.5 Å². The minimum atomic E-state index is -1.01. The zero-order valence-corrected chi connectivity index (χ0v) is 18.5. The Labute approximate surface area is 177 Å². The van der Waals surface area contributed by atoms with E-state index in [9.17, 15) is 14.4 Å². The fraction of sp³-hybridized carbons (Fsp3) is 0.474. The molecular formula is C19H24BrN3O6. The Morgan fingerprint density at radius 1 is 1.03 bits per heavy atom. The molecule has 1 aliphatic rings. The Kier molecular flexibility index (Phi) is 7.60. The summed E-state index contributed by atoms with van der Waals surface area (Å²) < 4.78 is 16.3. The second kappa shape index (κ2) is 9.73. The van der Waals surface area contributed by atoms with Gasteiger partial charge in [-0.2, -0.15) is 10.0 Å². The average molecular weight is 470 g/mol. The molecule has 9 nitrogen and oxygen atoms in total. The molecule has 0 bridgehead atoms. The molecule has 1 aromatic rings. The molecule has 1 aliphatic heterocycles. The molecule has 0 aliphatic carbocycles. The third-order valence-corrected chi connectivity index (χ3v) is 4.08. The van der Waals surface area contributed by atoms with E-state index in [0.29, 0.717) is 5.56 Å². The van der Waals surface area contributed by atoms with Crippen molar-refractivity contribution in [2.75, 3.05) is 6.61 Å². The molecule has 0 saturated heterocycles. The van der Waals surface area contributed by atoms with E-state index >= 15 is 0 Å². The fourth-order valence-corrected chi connectivity index (χ4v) is 2.75. The Hall–Kier alpha value is -2.62. The molecule has 0 fully saturated rings. The van der Waals surface area contributed by atoms with Crippen LogP contribution in [0.5, 0.6) is 0 Å². The molecule has 0 radical (unpaired) electrons. The molecule has 0 aromatic heterocycles. The van der Waals surface area contributed by atoms with Gasteiger partial charge in [0.05, 0.1) is 18.8 Å². The number of carbonyl (C=O) groups is 3. The van der Waals surface area contributed by atoms with Crippen LogP contribution < -0.4 is 0 Å². The summed E-state index contributed by atoms with van der Waals surface area (Å²) in [4.78, 5) is 42.4. The number of hydrogen-bond donors (Lipinski definition) is 0. The lowest BCUT2D eigenvalue weighted by Crippen LogP contribution is -2.52. The molecule has 29 heavy (non-hydrogen) atoms. The summed E-state index contributed by atoms with van der Waals surface area (Å²) in [6, 6.07) is 6.95. The molecule has 10 heteroatoms. The van der Waals surface area contributed by atoms with E-state index in [0.717, 1.165) is 14.5 Å². The van der Waals surface area contributed by atoms with Crippen molar-refractivity contribution in [3.05, 3.63) is 34.3 Å². The highest BCUT2D eigenvalue weighted by Gasteiger charge is 2.47. The number of esters is 1. The van der Waals surface area contributed by atoms with E-state index in [2.05, 4.69) is 20.9 Å². The number of ether oxygens (including phenoxy) is 3. The lowest BCUT2D eigenvalue weighted by Gasteiger charge is -2.31. The number of carbonyl (C=O) groups excluding carboxylic acids is 3. The second-order valence-electron chi connectivity index (χ2n) is 6.62. The van der Waals surface area contributed by atoms with Crippen LogP contribution in [-0.2, 0) is 19.0 Å². The van der Waals surface area contributed by atoms with Crippen LogP contribution >= 0.6 is 15.9 Å². The smallest absolute Gasteiger partial charge is 0.435 e. The molecule has 2 amide bonds. The maximum atomic E-state index is 12.9. The van der Waals surface area contributed by atoms with Gasteiger partial charge in [-0.1, -0.05) is 28.1 Å². The summed E-state index contributed by atoms with van der Waals surface area (Å²) in [5, 5.41) is 1.73. The highest BCUT2D eigenvalue weighted by atomic mass is 79.9. The van der Waals surface area contributed by atoms with E-state index in [1.807, 2.05) is 0 Å². The van der Waals surface area contributed by atoms with Crippen LogP contribution in [0, 0.1) is 0 Å². The predicted molar refractivity (Wildman–Crippen MR) is 108 cm³/mol. The Balaban J connectivity index is 2.55. The van der Waals surface area contributed by atoms with E-state index in [4.69, 9.17) is 14.2 Å². The van der Waals surface area contributed by atoms with Crippen LogP contribution in [0.25, 0.3) is 0 Å². The topological polar surface area (TPSA) is 97.7 Å². The Morgan fingerprint density at radius 2 is 1.59 bits per heavy atom. The van der Waals surface area contributed by atoms with Crippen molar-refractivity contribution in [3.8, 4) is 0 Å². The first kappa shape index (κ1) is 22.7. The quantitative estimate of drug-likeness (QED) is 0.476. The molecular weight excluding hydrogens is 446 g/mol. The van der Waals surface area contributed by atoms with Gasteiger partial charge in [0.25, 0.3) is 0 Å². The van der Waals surface area contributed by atoms with Gasteiger partial charge >= 0.3 is 18.2 Å². The average Bonchev–Trinajstić information content (AvgIpc) is 3.02. The number of rotatable bonds is 5. The van der Waals surface area contributed by atoms with Crippen LogP contribution in [0.2, 0.25) is 0 Å². The van der Waals surface area contributed by atoms with Crippen LogP contribution in [0.1, 0.15) is 46.3 Å². The number of nitrogens with zero attached hydrogens (tertiary/aromatic N) is 3. The van der Waals surface area contributed by atoms with Gasteiger partial charge in [0, 0.05) is 4.47 Å². The van der Waals surface area contributed by atoms with Crippen molar-refractivity contribution < 1.29 is 28.6 Å². The molecule has 1 atom stereocenters. The van der Waals surface area contributed by atoms with E-state index in [1.165, 1.54) is 0 Å². The highest BCUT2D eigenvalue weighted by Crippen LogP contribution is 2.33. The second-order valence-corrected chi connectivity index (χ2v) is 7.54. The fourth-order valence-electron chi connectivity index (χ4n) is 2.49. The summed E-state index contributed by atoms with van der Waals surface area (Å²) in [6.45, 7) is 8.35. The highest BCUT2D eigenvalue weighted by molar-refractivity contribution is 9.10. The molecule has 0 saturated carbocycles. The standard InChI is InChI=1S/C19H24BrN3O6/c1-6-27-17(24)16-21-15(13-7-9-14(20)10-8-13)22(18(25)28-11(2)3)23(16)19(26)29-12(4)5/h7-12,15H,6H2,1-5H3. The number of hydrogen-bond acceptors (Lipinski definition) is 7. The zero-order valence-electron chi connectivity index (χ0n) is 16.9. The number of amidine groups is 1. The van der Waals surface area contributed by atoms with Gasteiger partial charge in [-0.25, -0.2) is 19.4 Å². The van der Waals surface area contributed by atoms with Gasteiger partial charge in [0.2, 0.25) is 5.84 Å². The zero-order chi connectivity index (χ0) is 21.7. The summed E-state index contributed by atoms with van der Waals surface area (Å²) >= 11 is 3.35. The first-order chi connectivity index (χ1) is 13.6. The minimum absolute atomic E-state index is 0.0737. The molecule has 1 unspecified atom stereocenters. The van der Waals surface area contributed by atoms with E-state index in [1.54, 1.807) is 58.9 Å². The number of halogens is 1. The Morgan fingerprint density at radius 3 is 2.10 bits per heavy atom. The van der Waals surface area contributed by atoms with Gasteiger partial charge in [0.15, 0.2) is 6.17 Å². The lowest BCUT2D eigenvalue weighted by atomic mass is 10.2. The SMILES string of the molecule is CCOC(=O)C1=NC(c2ccc(Br)cc2)N(C(=O)OC(C)C)N1C(=O)OC(C)C. The van der Waals surface area contributed by atoms with Crippen LogP contribution in [0.15, 0.2) is 33.7 Å². The molecule has 158 valence electrons. The van der Waals surface area contributed by atoms with Gasteiger partial charge < -0.3 is 14.2 Å². The normalized spacial score (nSPS) is 16.1. The maximum Gasteiger partial charge on any atom is 0.435 e. The molecule has 0 spiro atoms. The van der Waals surface area contributed by atoms with Crippen LogP contribution in [0.3, 0.4) is 0 Å². The summed E-state index contributed by atoms with van der Waals surface area (Å²) in [5.74, 6) is -1.21. The van der Waals surface area contributed by atoms with E-state index in [-0.39, 0.29) is 12.4 Å². The van der Waals surface area contributed by atoms with Crippen LogP contribution in [0.4, 0.5) is 9.59 Å². The van der Waals surface area contributed by atoms with Gasteiger partial charge in [0.1, 0.15) is 0 Å². The third-order valence-electron chi connectivity index (χ3n) is 3.55. The lowest BCUT2D eigenvalue weighted by molar-refractivity contribution is -0.136. The monoisotopic (exact) mass is 469 g/mol. The number of aliphatic imine (C=N–C) groups is 1. The number of hydrazine groups is 1. The first-order valence-electron chi connectivity index (χ1n) is 9.16. The van der Waals surface area contributed by atoms with Crippen LogP contribution in [-0.4, -0.2) is 52.8 Å². The maximum absolute atomic E-state index is 12.9. The summed E-state index contributed by atoms with van der Waals surface area (Å²) in [6.07, 6.45) is -3.74. The minimum Gasteiger partial charge on any atom is -0.460 e. The Bertz CT molecular complexity index is 794. The van der Waals surface area contributed by atoms with Gasteiger partial charge in [-0.05, 0) is 52.3 Å². The molecule has 1 aromatic carbocycles. The summed E-state index contributed by atoms with van der Waals surface area (Å²) in [7, 11) is 0. The molecule has 2 rings (SSSR count). The van der Waals surface area contributed by atoms with Crippen molar-refractivity contribution >= 4 is 39.9 Å². The van der Waals surface area contributed by atoms with Crippen molar-refractivity contribution in [2.45, 2.75) is 53.0 Å². The molecule has 1 heterocycles. The summed E-state index contributed by atoms with van der Waals surface area (Å²) in [5.41, 5.74) is 0.565. The number of benzene rings is 1. The van der Waals surface area contributed by atoms with Crippen molar-refractivity contribution in [3.63, 3.8) is 0 Å². The van der Waals surface area contributed by atoms with Crippen molar-refractivity contribution in [2.24, 2.45) is 4.99 Å². The number of amides is 2. The third kappa shape index (κ3) is 5.47. The van der Waals surface area contributed by atoms with Gasteiger partial charge in [-0.15, -0.1) is 0 Å². The predicted octanol–water partition coefficient (Wildman–Crippen LogP) is 4.03. The molecule has 0 N–H and O–H groups in total. The van der Waals surface area contributed by atoms with Crippen molar-refractivity contribution in [1.29, 1.82) is 0 Å². The van der Waals surface area contributed by atoms with Gasteiger partial charge in [-0.3, -0.25) is 0 Å². The largest absolute Gasteiger partial charge is 0.460 e. The van der Waals surface area contributed by atoms with Crippen molar-refractivity contribution in [1.82, 2.24) is 10.0 Å². The first-order valence-corrected chi connectivity index (χ1v) is 9.95.